The first-order chi connectivity index (χ1) is 12.4. The third-order valence-corrected chi connectivity index (χ3v) is 11.7. The van der Waals surface area contributed by atoms with Crippen LogP contribution in [0.4, 0.5) is 0 Å². The molecule has 2 aromatic rings. The summed E-state index contributed by atoms with van der Waals surface area (Å²) in [6.07, 6.45) is 10.9. The van der Waals surface area contributed by atoms with Crippen molar-refractivity contribution in [2.45, 2.75) is 32.9 Å². The third kappa shape index (κ3) is 2.97. The Balaban J connectivity index is 0.000000900. The summed E-state index contributed by atoms with van der Waals surface area (Å²) in [5.74, 6) is 1.63. The summed E-state index contributed by atoms with van der Waals surface area (Å²) >= 11 is -0.624. The molecule has 4 atom stereocenters. The number of fused-ring (bicyclic) bond motifs is 9. The molecule has 1 heterocycles. The van der Waals surface area contributed by atoms with E-state index in [2.05, 4.69) is 60.7 Å². The van der Waals surface area contributed by atoms with Gasteiger partial charge in [-0.2, -0.15) is 0 Å². The van der Waals surface area contributed by atoms with Gasteiger partial charge in [0.1, 0.15) is 0 Å². The summed E-state index contributed by atoms with van der Waals surface area (Å²) in [7, 11) is 0. The van der Waals surface area contributed by atoms with Crippen molar-refractivity contribution in [3.05, 3.63) is 81.9 Å². The predicted octanol–water partition coefficient (Wildman–Crippen LogP) is 0.174. The fourth-order valence-corrected chi connectivity index (χ4v) is 11.2. The average Bonchev–Trinajstić information content (AvgIpc) is 3.18. The molecule has 0 amide bonds. The standard InChI is InChI=1S/C24H22.2ClH.Zr/c1-2-8-18-14-21(13-17(18)7-1)23-11-5-6-12-24(23)22-15-19-9-3-4-10-20(19)16-22;;;/h1-4,7-10,13-16,23-24H,5-6,11-12H2;2*1H;/q;;;+2/p-2. The summed E-state index contributed by atoms with van der Waals surface area (Å²) in [4.78, 5) is 0. The molecule has 3 aliphatic carbocycles. The molecule has 0 spiro atoms. The number of rotatable bonds is 0. The van der Waals surface area contributed by atoms with Crippen LogP contribution >= 0.6 is 0 Å². The molecule has 1 saturated heterocycles. The van der Waals surface area contributed by atoms with Gasteiger partial charge in [0, 0.05) is 0 Å². The number of hydrogen-bond acceptors (Lipinski definition) is 0. The van der Waals surface area contributed by atoms with Crippen molar-refractivity contribution in [1.29, 1.82) is 0 Å². The molecule has 2 fully saturated rings. The van der Waals surface area contributed by atoms with Gasteiger partial charge in [-0.05, 0) is 0 Å². The summed E-state index contributed by atoms with van der Waals surface area (Å²) < 4.78 is 1.62. The zero-order valence-corrected chi connectivity index (χ0v) is 19.1. The molecule has 0 N–H and O–H groups in total. The first kappa shape index (κ1) is 19.7. The van der Waals surface area contributed by atoms with Gasteiger partial charge in [-0.1, -0.05) is 0 Å². The Kier molecular flexibility index (Phi) is 5.59. The van der Waals surface area contributed by atoms with Gasteiger partial charge in [-0.25, -0.2) is 0 Å². The molecule has 6 rings (SSSR count). The minimum atomic E-state index is -0.624. The Morgan fingerprint density at radius 1 is 0.630 bits per heavy atom. The van der Waals surface area contributed by atoms with Crippen LogP contribution in [0.5, 0.6) is 0 Å². The first-order valence-electron chi connectivity index (χ1n) is 9.77. The Morgan fingerprint density at radius 3 is 1.56 bits per heavy atom. The van der Waals surface area contributed by atoms with Crippen molar-refractivity contribution in [3.8, 4) is 0 Å². The minimum Gasteiger partial charge on any atom is -1.00 e. The van der Waals surface area contributed by atoms with Crippen LogP contribution in [0.2, 0.25) is 0 Å². The van der Waals surface area contributed by atoms with E-state index >= 15 is 0 Å². The monoisotopic (exact) mass is 470 g/mol. The van der Waals surface area contributed by atoms with Crippen LogP contribution in [0.15, 0.2) is 59.7 Å². The molecule has 2 aromatic carbocycles. The van der Waals surface area contributed by atoms with Crippen molar-refractivity contribution < 1.29 is 48.0 Å². The van der Waals surface area contributed by atoms with Crippen LogP contribution in [0.1, 0.15) is 55.2 Å². The molecule has 27 heavy (non-hydrogen) atoms. The fourth-order valence-electron chi connectivity index (χ4n) is 5.81. The largest absolute Gasteiger partial charge is 1.00 e. The molecule has 3 heteroatoms. The van der Waals surface area contributed by atoms with E-state index in [4.69, 9.17) is 0 Å². The second-order valence-electron chi connectivity index (χ2n) is 8.08. The molecule has 4 aliphatic rings. The fraction of sp³-hybridized carbons (Fsp3) is 0.333. The van der Waals surface area contributed by atoms with Gasteiger partial charge in [0.2, 0.25) is 0 Å². The van der Waals surface area contributed by atoms with E-state index in [1.807, 2.05) is 11.1 Å². The maximum atomic E-state index is 2.61. The van der Waals surface area contributed by atoms with E-state index in [0.717, 1.165) is 19.1 Å². The molecule has 0 nitrogen and oxygen atoms in total. The van der Waals surface area contributed by atoms with Crippen LogP contribution in [-0.4, -0.2) is 0 Å². The van der Waals surface area contributed by atoms with Gasteiger partial charge in [0.05, 0.1) is 0 Å². The van der Waals surface area contributed by atoms with Gasteiger partial charge in [0.25, 0.3) is 0 Å². The van der Waals surface area contributed by atoms with E-state index in [9.17, 15) is 0 Å². The van der Waals surface area contributed by atoms with Crippen LogP contribution in [-0.2, 0) is 23.2 Å². The van der Waals surface area contributed by atoms with Gasteiger partial charge in [0.15, 0.2) is 0 Å². The topological polar surface area (TPSA) is 0 Å². The van der Waals surface area contributed by atoms with Gasteiger partial charge in [-0.3, -0.25) is 0 Å². The Hall–Kier alpha value is -0.617. The summed E-state index contributed by atoms with van der Waals surface area (Å²) in [6.45, 7) is 0. The quantitative estimate of drug-likeness (QED) is 0.513. The van der Waals surface area contributed by atoms with Gasteiger partial charge in [-0.15, -0.1) is 0 Å². The maximum absolute atomic E-state index is 2.61. The molecule has 0 aromatic heterocycles. The minimum absolute atomic E-state index is 0. The van der Waals surface area contributed by atoms with Crippen molar-refractivity contribution in [2.24, 2.45) is 11.8 Å². The van der Waals surface area contributed by atoms with Crippen LogP contribution in [0.3, 0.4) is 0 Å². The number of allylic oxidation sites excluding steroid dienone is 2. The van der Waals surface area contributed by atoms with E-state index < -0.39 is 23.2 Å². The molecule has 1 saturated carbocycles. The second kappa shape index (κ2) is 7.66. The van der Waals surface area contributed by atoms with Crippen molar-refractivity contribution in [3.63, 3.8) is 0 Å². The smallest absolute Gasteiger partial charge is 1.00 e. The number of benzene rings is 2. The molecule has 136 valence electrons. The van der Waals surface area contributed by atoms with Crippen LogP contribution in [0, 0.1) is 11.8 Å². The molecule has 0 bridgehead atoms. The molecular weight excluding hydrogens is 450 g/mol. The molecule has 1 aliphatic heterocycles. The zero-order chi connectivity index (χ0) is 16.4. The molecular formula is C24H22Cl2Zr. The van der Waals surface area contributed by atoms with Crippen molar-refractivity contribution in [2.75, 3.05) is 0 Å². The van der Waals surface area contributed by atoms with E-state index in [1.165, 1.54) is 36.8 Å². The van der Waals surface area contributed by atoms with Crippen LogP contribution in [0.25, 0.3) is 12.2 Å². The third-order valence-electron chi connectivity index (χ3n) is 6.88. The van der Waals surface area contributed by atoms with E-state index in [-0.39, 0.29) is 24.8 Å². The van der Waals surface area contributed by atoms with E-state index in [0.29, 0.717) is 0 Å². The Bertz CT molecular complexity index is 854. The zero-order valence-electron chi connectivity index (χ0n) is 15.2. The Morgan fingerprint density at radius 2 is 1.07 bits per heavy atom. The normalized spacial score (nSPS) is 28.7. The predicted molar refractivity (Wildman–Crippen MR) is 99.8 cm³/mol. The molecule has 4 unspecified atom stereocenters. The Labute approximate surface area is 185 Å². The van der Waals surface area contributed by atoms with Crippen molar-refractivity contribution in [1.82, 2.24) is 0 Å². The summed E-state index contributed by atoms with van der Waals surface area (Å²) in [6, 6.07) is 18.5. The van der Waals surface area contributed by atoms with Crippen LogP contribution < -0.4 is 24.8 Å². The second-order valence-corrected chi connectivity index (χ2v) is 11.7. The average molecular weight is 473 g/mol. The van der Waals surface area contributed by atoms with Crippen molar-refractivity contribution >= 4 is 12.2 Å². The molecule has 0 radical (unpaired) electrons. The van der Waals surface area contributed by atoms with Gasteiger partial charge >= 0.3 is 162 Å². The van der Waals surface area contributed by atoms with Gasteiger partial charge < -0.3 is 24.8 Å². The number of hydrogen-bond donors (Lipinski definition) is 0. The summed E-state index contributed by atoms with van der Waals surface area (Å²) in [5, 5.41) is 0. The first-order valence-corrected chi connectivity index (χ1v) is 12.6. The number of halogens is 2. The summed E-state index contributed by atoms with van der Waals surface area (Å²) in [5.41, 5.74) is 10.1. The SMILES string of the molecule is C1=C2[CH]([Zr+2][CH]3C(=Cc4ccccc43)C3CCCCC23)c2ccccc21.[Cl-].[Cl-]. The maximum Gasteiger partial charge on any atom is -1.00 e. The van der Waals surface area contributed by atoms with E-state index in [1.54, 1.807) is 11.1 Å².